The first-order valence-corrected chi connectivity index (χ1v) is 41.8. The van der Waals surface area contributed by atoms with Gasteiger partial charge >= 0.3 is 94.9 Å². The van der Waals surface area contributed by atoms with Gasteiger partial charge in [0.15, 0.2) is 0 Å². The number of hydrogen-bond acceptors (Lipinski definition) is 36. The number of imidazole rings is 7. The molecule has 130 heavy (non-hydrogen) atoms. The average molecular weight is 1960 g/mol. The molecule has 4 saturated heterocycles. The molecule has 71 heteroatoms. The highest BCUT2D eigenvalue weighted by atomic mass is 31.1. The van der Waals surface area contributed by atoms with E-state index in [9.17, 15) is 135 Å². The number of esters is 4. The number of rotatable bonds is 24. The van der Waals surface area contributed by atoms with Gasteiger partial charge in [-0.3, -0.25) is 108 Å². The summed E-state index contributed by atoms with van der Waals surface area (Å²) in [7, 11) is -7.11. The summed E-state index contributed by atoms with van der Waals surface area (Å²) in [6.45, 7) is 2.57. The van der Waals surface area contributed by atoms with E-state index in [0.717, 1.165) is 78.1 Å². The van der Waals surface area contributed by atoms with E-state index in [0.29, 0.717) is 18.7 Å². The van der Waals surface area contributed by atoms with E-state index >= 15 is 0 Å². The number of nitrogens with zero attached hydrogens (tertiary/aromatic N) is 19. The molecule has 8 aromatic heterocycles. The highest BCUT2D eigenvalue weighted by Crippen LogP contribution is 2.53. The van der Waals surface area contributed by atoms with Crippen molar-refractivity contribution in [1.29, 1.82) is 0 Å². The first-order chi connectivity index (χ1) is 61.7. The van der Waals surface area contributed by atoms with Crippen LogP contribution in [0.1, 0.15) is 20.8 Å². The van der Waals surface area contributed by atoms with Crippen LogP contribution in [0, 0.1) is 21.7 Å². The second-order valence-electron chi connectivity index (χ2n) is 23.8. The van der Waals surface area contributed by atoms with Gasteiger partial charge in [0.05, 0.1) is 71.1 Å². The molecule has 0 radical (unpaired) electrons. The Labute approximate surface area is 732 Å². The van der Waals surface area contributed by atoms with Crippen molar-refractivity contribution in [1.82, 2.24) is 151 Å². The van der Waals surface area contributed by atoms with Gasteiger partial charge in [-0.2, -0.15) is 0 Å². The normalized spacial score (nSPS) is 14.1. The predicted molar refractivity (Wildman–Crippen MR) is 430 cm³/mol. The van der Waals surface area contributed by atoms with Crippen LogP contribution < -0.4 is 61.0 Å². The zero-order valence-electron chi connectivity index (χ0n) is 64.6. The monoisotopic (exact) mass is 1960 g/mol. The van der Waals surface area contributed by atoms with Gasteiger partial charge in [-0.25, -0.2) is 111 Å². The Morgan fingerprint density at radius 3 is 0.646 bits per heavy atom. The van der Waals surface area contributed by atoms with Crippen LogP contribution in [0.15, 0.2) is 156 Å². The topological polar surface area (TPSA) is 827 Å². The van der Waals surface area contributed by atoms with Gasteiger partial charge in [0.1, 0.15) is 44.3 Å². The Kier molecular flexibility index (Phi) is 33.9. The maximum atomic E-state index is 13.0. The number of carbonyl (C=O) groups is 27. The Balaban J connectivity index is 0.000000211. The lowest BCUT2D eigenvalue weighted by Gasteiger charge is -2.51. The number of aromatic nitrogens is 15. The number of imide groups is 4. The number of nitrogens with one attached hydrogen (secondary N) is 12. The Morgan fingerprint density at radius 1 is 0.285 bits per heavy atom. The molecule has 8 atom stereocenters. The molecule has 8 unspecified atom stereocenters. The summed E-state index contributed by atoms with van der Waals surface area (Å²) in [6, 6.07) is -2.33. The summed E-state index contributed by atoms with van der Waals surface area (Å²) in [5, 5.41) is 52.0. The largest absolute Gasteiger partial charge is 0.481 e. The van der Waals surface area contributed by atoms with Crippen LogP contribution in [0.4, 0.5) is 38.4 Å². The third kappa shape index (κ3) is 21.8. The zero-order valence-corrected chi connectivity index (χ0v) is 72.6. The van der Waals surface area contributed by atoms with Crippen molar-refractivity contribution in [3.8, 4) is 0 Å². The summed E-state index contributed by atoms with van der Waals surface area (Å²) in [5.41, 5.74) is -12.0. The van der Waals surface area contributed by atoms with Crippen LogP contribution in [-0.4, -0.2) is 266 Å². The van der Waals surface area contributed by atoms with Gasteiger partial charge in [0, 0.05) is 120 Å². The predicted octanol–water partition coefficient (Wildman–Crippen LogP) is -5.42. The Bertz CT molecular complexity index is 5220. The SMILES string of the molecule is CC(=O)O.CC(=O)OC(=O)C(C(=O)NPNC(=O)n1ccnc1)(C(=O)NPNC(=O)n1ccnc1)C(=O)OC(C)=O.O=C(NPN1C(=O)C2(C1=O)C(=O)N(PNC(=O)n1ccnc1)C2=O)n1cccc1.O=C(NPN1C(=O)C2(C1=O)C(=O)N(PNC(=O)n1ccnc1)C2=O)n1ccnc1.O=C(NPNC(=O)C(C(=O)O)(C(=O)O)C(=O)NPNC(=O)n1ccnc1)n1ccnc1. The van der Waals surface area contributed by atoms with E-state index in [-0.39, 0.29) is 0 Å². The third-order valence-electron chi connectivity index (χ3n) is 15.8. The fourth-order valence-electron chi connectivity index (χ4n) is 9.55. The fraction of sp³-hybridized carbons (Fsp3) is 0.119. The van der Waals surface area contributed by atoms with Gasteiger partial charge in [-0.15, -0.1) is 0 Å². The lowest BCUT2D eigenvalue weighted by atomic mass is 9.72. The highest BCUT2D eigenvalue weighted by molar-refractivity contribution is 7.39. The molecule has 0 saturated carbocycles. The van der Waals surface area contributed by atoms with Crippen LogP contribution in [-0.2, 0) is 101 Å². The molecule has 0 aliphatic carbocycles. The van der Waals surface area contributed by atoms with E-state index in [1.165, 1.54) is 123 Å². The van der Waals surface area contributed by atoms with Crippen LogP contribution in [0.3, 0.4) is 0 Å². The second kappa shape index (κ2) is 44.3. The summed E-state index contributed by atoms with van der Waals surface area (Å²) < 4.78 is 19.6. The van der Waals surface area contributed by atoms with Gasteiger partial charge in [-0.05, 0) is 12.1 Å². The maximum absolute atomic E-state index is 13.0. The minimum absolute atomic E-state index is 0.577. The van der Waals surface area contributed by atoms with Gasteiger partial charge in [0.2, 0.25) is 0 Å². The number of carbonyl (C=O) groups excluding carboxylic acids is 24. The smallest absolute Gasteiger partial charge is 0.350 e. The van der Waals surface area contributed by atoms with Crippen molar-refractivity contribution < 1.29 is 154 Å². The average Bonchev–Trinajstić information content (AvgIpc) is 0.748. The standard InChI is InChI=1S/C17H18N8O10P2.C14H11N7O6P2.C13H14N8O8P2.C13H10N8O6P2.C2H4O2/c1-9(26)34-13(30)17(14(31)35-10(2)27,11(28)20-36-22-15(32)24-5-3-18-7-24)12(29)21-37-23-16(33)25-6-4-19-8-25;22-8-14(9(23)20(8)28-16-12(26)18-4-1-2-5-18)10(24)21(11(14)25)29-17-13(27)19-6-3-15-7-19;22-7(16-30-18-11(28)20-3-1-14-5-20)13(9(24)25,10(26)27)8(23)17-31-19-12(29)21-4-2-15-6-21;22-7-13(8(23)20(7)28-16-11(26)18-3-1-14-5-18)9(24)21(10(13)25)29-17-12(27)19-4-2-15-6-19;1-2(3)4/h3-8,36-37H,1-2H3,(H,20,28)(H,21,29)(H,22,32)(H,23,33);1-7,28-29H,(H,16,26)(H,17,27);1-6,30-31H,(H,16,22)(H,17,23)(H,18,28)(H,19,29)(H,24,25)(H,26,27);1-6,28-29H,(H,16,26)(H,17,27);1H3,(H,3,4). The van der Waals surface area contributed by atoms with Crippen LogP contribution in [0.2, 0.25) is 0 Å². The molecule has 680 valence electrons. The van der Waals surface area contributed by atoms with Crippen molar-refractivity contribution in [3.63, 3.8) is 0 Å². The molecule has 0 bridgehead atoms. The summed E-state index contributed by atoms with van der Waals surface area (Å²) in [6.07, 6.45) is 29.6. The molecule has 2 spiro atoms. The second-order valence-corrected chi connectivity index (χ2v) is 30.4. The molecule has 4 fully saturated rings. The van der Waals surface area contributed by atoms with Crippen molar-refractivity contribution >= 4 is 232 Å². The molecule has 12 rings (SSSR count). The number of amides is 20. The molecular formula is C59H57N31O32P8. The highest BCUT2D eigenvalue weighted by Gasteiger charge is 2.82. The summed E-state index contributed by atoms with van der Waals surface area (Å²) in [5.74, 6) is -26.9. The van der Waals surface area contributed by atoms with E-state index < -0.39 is 254 Å². The van der Waals surface area contributed by atoms with Crippen LogP contribution in [0.25, 0.3) is 0 Å². The van der Waals surface area contributed by atoms with E-state index in [4.69, 9.17) is 9.90 Å². The Morgan fingerprint density at radius 2 is 0.469 bits per heavy atom. The van der Waals surface area contributed by atoms with E-state index in [1.807, 2.05) is 20.3 Å². The number of hydrogen-bond donors (Lipinski definition) is 15. The van der Waals surface area contributed by atoms with Crippen LogP contribution >= 0.6 is 71.1 Å². The minimum Gasteiger partial charge on any atom is -0.481 e. The molecule has 8 aromatic rings. The van der Waals surface area contributed by atoms with E-state index in [2.05, 4.69) is 85.1 Å². The van der Waals surface area contributed by atoms with Gasteiger partial charge in [0.25, 0.3) is 87.7 Å². The minimum atomic E-state index is -3.59. The van der Waals surface area contributed by atoms with Crippen molar-refractivity contribution in [2.75, 3.05) is 0 Å². The van der Waals surface area contributed by atoms with Crippen molar-refractivity contribution in [2.24, 2.45) is 21.7 Å². The summed E-state index contributed by atoms with van der Waals surface area (Å²) >= 11 is 0. The van der Waals surface area contributed by atoms with Crippen LogP contribution in [0.5, 0.6) is 0 Å². The molecule has 20 amide bonds. The quantitative estimate of drug-likeness (QED) is 0.0116. The molecule has 4 aliphatic heterocycles. The fourth-order valence-corrected chi connectivity index (χ4v) is 15.5. The molecule has 4 aliphatic rings. The number of aliphatic carboxylic acids is 3. The summed E-state index contributed by atoms with van der Waals surface area (Å²) in [4.78, 5) is 351. The zero-order chi connectivity index (χ0) is 95.7. The number of carboxylic acid groups (broad SMARTS) is 3. The molecular weight excluding hydrogens is 1900 g/mol. The number of carboxylic acids is 3. The van der Waals surface area contributed by atoms with Gasteiger partial charge in [-0.1, -0.05) is 0 Å². The molecule has 0 aromatic carbocycles. The first-order valence-electron chi connectivity index (χ1n) is 34.1. The maximum Gasteiger partial charge on any atom is 0.350 e. The van der Waals surface area contributed by atoms with Gasteiger partial charge < -0.3 is 85.8 Å². The number of β-lactam (4-membered cyclic amide) rings is 8. The lowest BCUT2D eigenvalue weighted by molar-refractivity contribution is -0.192. The van der Waals surface area contributed by atoms with Crippen molar-refractivity contribution in [3.05, 3.63) is 156 Å². The van der Waals surface area contributed by atoms with E-state index in [1.54, 1.807) is 12.1 Å². The lowest BCUT2D eigenvalue weighted by Crippen LogP contribution is -2.81. The molecule has 15 N–H and O–H groups in total. The first kappa shape index (κ1) is 99.5. The molecule has 12 heterocycles. The van der Waals surface area contributed by atoms with Crippen molar-refractivity contribution in [2.45, 2.75) is 20.8 Å². The Hall–Kier alpha value is -15.9. The molecule has 63 nitrogen and oxygen atoms in total. The third-order valence-corrected chi connectivity index (χ3v) is 22.4. The number of ether oxygens (including phenoxy) is 2.